The molecule has 0 aliphatic heterocycles. The number of primary amides is 1. The van der Waals surface area contributed by atoms with Crippen molar-refractivity contribution in [2.75, 3.05) is 0 Å². The normalized spacial score (nSPS) is 14.3. The molecule has 1 aliphatic rings. The van der Waals surface area contributed by atoms with E-state index >= 15 is 0 Å². The first-order valence-corrected chi connectivity index (χ1v) is 7.33. The Morgan fingerprint density at radius 2 is 1.55 bits per heavy atom. The fourth-order valence-electron chi connectivity index (χ4n) is 2.08. The van der Waals surface area contributed by atoms with Crippen LogP contribution in [0.25, 0.3) is 6.08 Å². The maximum absolute atomic E-state index is 10.4. The molecule has 0 spiro atoms. The number of hydrogen-bond donors (Lipinski definition) is 1. The van der Waals surface area contributed by atoms with Crippen LogP contribution in [0.3, 0.4) is 0 Å². The molecule has 2 nitrogen and oxygen atoms in total. The van der Waals surface area contributed by atoms with E-state index in [2.05, 4.69) is 57.7 Å². The summed E-state index contributed by atoms with van der Waals surface area (Å²) >= 11 is 2.26. The minimum atomic E-state index is -0.379. The van der Waals surface area contributed by atoms with Crippen LogP contribution in [0.4, 0.5) is 0 Å². The molecule has 2 aromatic carbocycles. The van der Waals surface area contributed by atoms with Crippen molar-refractivity contribution in [1.29, 1.82) is 0 Å². The first kappa shape index (κ1) is 20.9. The molecule has 2 aromatic rings. The largest absolute Gasteiger partial charge is 1.00 e. The average Bonchev–Trinajstić information content (AvgIpc) is 2.76. The van der Waals surface area contributed by atoms with Crippen molar-refractivity contribution in [3.8, 4) is 0 Å². The summed E-state index contributed by atoms with van der Waals surface area (Å²) in [6.07, 6.45) is 2.28. The predicted octanol–water partition coefficient (Wildman–Crippen LogP) is -2.52. The number of carbonyl (C=O) groups excluding carboxylic acids is 1. The summed E-state index contributed by atoms with van der Waals surface area (Å²) in [5, 5.41) is 0. The van der Waals surface area contributed by atoms with Gasteiger partial charge in [-0.3, -0.25) is 4.79 Å². The van der Waals surface area contributed by atoms with Crippen molar-refractivity contribution in [1.82, 2.24) is 0 Å². The molecule has 0 radical (unpaired) electrons. The third kappa shape index (κ3) is 5.29. The molecule has 1 atom stereocenters. The zero-order valence-electron chi connectivity index (χ0n) is 12.1. The van der Waals surface area contributed by atoms with Crippen LogP contribution in [0.2, 0.25) is 0 Å². The van der Waals surface area contributed by atoms with Gasteiger partial charge in [-0.2, -0.15) is 0 Å². The fourth-order valence-corrected chi connectivity index (χ4v) is 2.62. The number of rotatable bonds is 1. The van der Waals surface area contributed by atoms with Crippen LogP contribution in [0.5, 0.6) is 0 Å². The zero-order valence-corrected chi connectivity index (χ0v) is 15.2. The van der Waals surface area contributed by atoms with Crippen LogP contribution in [0.1, 0.15) is 32.6 Å². The van der Waals surface area contributed by atoms with Crippen molar-refractivity contribution in [2.45, 2.75) is 11.1 Å². The molecule has 1 amide bonds. The maximum Gasteiger partial charge on any atom is 0.248 e. The Balaban J connectivity index is 0.000000374. The molecule has 3 rings (SSSR count). The number of fused-ring (bicyclic) bond motifs is 1. The third-order valence-corrected chi connectivity index (χ3v) is 4.40. The van der Waals surface area contributed by atoms with Crippen LogP contribution in [0.15, 0.2) is 60.2 Å². The van der Waals surface area contributed by atoms with Crippen LogP contribution in [-0.2, 0) is 20.4 Å². The molecule has 2 N–H and O–H groups in total. The standard InChI is InChI=1S/C10H9.C7H7NO.2ClH.Ti/c1-8-6-9-4-2-3-5-10(9)7-8;8-7(9)6-4-2-1-3-5-6;;;/h2-7H,1H3;1-5H,(H2,8,9);2*1H;/q;;;;+2/p-2. The Kier molecular flexibility index (Phi) is 9.39. The van der Waals surface area contributed by atoms with Gasteiger partial charge in [0.05, 0.1) is 0 Å². The number of carbonyl (C=O) groups is 1. The second-order valence-electron chi connectivity index (χ2n) is 4.68. The quantitative estimate of drug-likeness (QED) is 0.555. The molecule has 0 heterocycles. The Morgan fingerprint density at radius 3 is 2.05 bits per heavy atom. The summed E-state index contributed by atoms with van der Waals surface area (Å²) < 4.78 is 0.631. The van der Waals surface area contributed by atoms with E-state index in [4.69, 9.17) is 5.73 Å². The Labute approximate surface area is 155 Å². The van der Waals surface area contributed by atoms with Gasteiger partial charge in [-0.25, -0.2) is 0 Å². The smallest absolute Gasteiger partial charge is 0.248 e. The SMILES string of the molecule is CC1=Cc2ccccc2[CH]1[Ti+2].NC(=O)c1ccccc1.[Cl-].[Cl-]. The minimum absolute atomic E-state index is 0. The van der Waals surface area contributed by atoms with Gasteiger partial charge in [-0.1, -0.05) is 18.2 Å². The topological polar surface area (TPSA) is 43.1 Å². The minimum Gasteiger partial charge on any atom is -1.00 e. The maximum atomic E-state index is 10.4. The van der Waals surface area contributed by atoms with Crippen molar-refractivity contribution < 1.29 is 50.0 Å². The van der Waals surface area contributed by atoms with Crippen LogP contribution >= 0.6 is 0 Å². The fraction of sp³-hybridized carbons (Fsp3) is 0.118. The van der Waals surface area contributed by atoms with E-state index in [1.807, 2.05) is 6.07 Å². The molecule has 0 saturated heterocycles. The number of halogens is 2. The molecule has 0 saturated carbocycles. The molecule has 22 heavy (non-hydrogen) atoms. The van der Waals surface area contributed by atoms with Crippen LogP contribution < -0.4 is 30.5 Å². The number of benzene rings is 2. The van der Waals surface area contributed by atoms with Crippen molar-refractivity contribution in [2.24, 2.45) is 5.73 Å². The van der Waals surface area contributed by atoms with Gasteiger partial charge in [-0.15, -0.1) is 0 Å². The van der Waals surface area contributed by atoms with E-state index in [0.29, 0.717) is 9.79 Å². The van der Waals surface area contributed by atoms with Gasteiger partial charge >= 0.3 is 78.6 Å². The predicted molar refractivity (Wildman–Crippen MR) is 77.8 cm³/mol. The molecule has 0 fully saturated rings. The summed E-state index contributed by atoms with van der Waals surface area (Å²) in [6, 6.07) is 17.4. The summed E-state index contributed by atoms with van der Waals surface area (Å²) in [7, 11) is 0. The van der Waals surface area contributed by atoms with E-state index in [-0.39, 0.29) is 30.7 Å². The summed E-state index contributed by atoms with van der Waals surface area (Å²) in [5.41, 5.74) is 9.88. The van der Waals surface area contributed by atoms with Gasteiger partial charge < -0.3 is 30.5 Å². The van der Waals surface area contributed by atoms with Gasteiger partial charge in [0.2, 0.25) is 5.91 Å². The van der Waals surface area contributed by atoms with E-state index in [9.17, 15) is 4.79 Å². The number of amides is 1. The molecule has 0 bridgehead atoms. The molecule has 0 aromatic heterocycles. The Morgan fingerprint density at radius 1 is 1.00 bits per heavy atom. The van der Waals surface area contributed by atoms with Gasteiger partial charge in [0, 0.05) is 5.56 Å². The third-order valence-electron chi connectivity index (χ3n) is 3.20. The molecule has 1 aliphatic carbocycles. The van der Waals surface area contributed by atoms with E-state index in [1.165, 1.54) is 16.7 Å². The molecule has 113 valence electrons. The van der Waals surface area contributed by atoms with E-state index < -0.39 is 0 Å². The molecule has 1 unspecified atom stereocenters. The zero-order chi connectivity index (χ0) is 14.5. The van der Waals surface area contributed by atoms with E-state index in [0.717, 1.165) is 0 Å². The second-order valence-corrected chi connectivity index (χ2v) is 5.58. The van der Waals surface area contributed by atoms with Crippen molar-refractivity contribution >= 4 is 12.0 Å². The van der Waals surface area contributed by atoms with E-state index in [1.54, 1.807) is 24.3 Å². The first-order chi connectivity index (χ1) is 9.59. The second kappa shape index (κ2) is 9.86. The molecule has 5 heteroatoms. The van der Waals surface area contributed by atoms with Gasteiger partial charge in [0.15, 0.2) is 0 Å². The number of nitrogens with two attached hydrogens (primary N) is 1. The van der Waals surface area contributed by atoms with Gasteiger partial charge in [0.1, 0.15) is 0 Å². The van der Waals surface area contributed by atoms with Gasteiger partial charge in [-0.05, 0) is 12.1 Å². The summed E-state index contributed by atoms with van der Waals surface area (Å²) in [5.74, 6) is -0.379. The van der Waals surface area contributed by atoms with Gasteiger partial charge in [0.25, 0.3) is 0 Å². The average molecular weight is 369 g/mol. The summed E-state index contributed by atoms with van der Waals surface area (Å²) in [4.78, 5) is 10.4. The summed E-state index contributed by atoms with van der Waals surface area (Å²) in [6.45, 7) is 2.20. The molecular weight excluding hydrogens is 353 g/mol. The number of hydrogen-bond acceptors (Lipinski definition) is 1. The van der Waals surface area contributed by atoms with Crippen LogP contribution in [-0.4, -0.2) is 5.91 Å². The van der Waals surface area contributed by atoms with Crippen molar-refractivity contribution in [3.63, 3.8) is 0 Å². The van der Waals surface area contributed by atoms with Crippen LogP contribution in [0, 0.1) is 0 Å². The Hall–Kier alpha value is -1.06. The number of allylic oxidation sites excluding steroid dienone is 1. The Bertz CT molecular complexity index is 644. The monoisotopic (exact) mass is 368 g/mol. The first-order valence-electron chi connectivity index (χ1n) is 6.42. The van der Waals surface area contributed by atoms with Crippen molar-refractivity contribution in [3.05, 3.63) is 76.9 Å². The molecular formula is C17H16Cl2NOTi.